The Kier molecular flexibility index (Phi) is 10.5. The molecule has 0 aromatic rings. The molecule has 0 amide bonds. The number of unbranched alkanes of at least 4 members (excludes halogenated alkanes) is 4. The van der Waals surface area contributed by atoms with Crippen LogP contribution in [0, 0.1) is 0 Å². The summed E-state index contributed by atoms with van der Waals surface area (Å²) in [5.41, 5.74) is 0. The van der Waals surface area contributed by atoms with Crippen LogP contribution >= 0.6 is 0 Å². The zero-order chi connectivity index (χ0) is 12.2. The van der Waals surface area contributed by atoms with Crippen LogP contribution in [0.25, 0.3) is 0 Å². The summed E-state index contributed by atoms with van der Waals surface area (Å²) in [6, 6.07) is 0. The Bertz CT molecular complexity index is 169. The van der Waals surface area contributed by atoms with Crippen LogP contribution in [0.15, 0.2) is 0 Å². The fourth-order valence-corrected chi connectivity index (χ4v) is 1.32. The minimum Gasteiger partial charge on any atom is -0.464 e. The monoisotopic (exact) mass is 230 g/mol. The second-order valence-electron chi connectivity index (χ2n) is 4.09. The fourth-order valence-electron chi connectivity index (χ4n) is 1.32. The van der Waals surface area contributed by atoms with Gasteiger partial charge in [-0.3, -0.25) is 0 Å². The molecule has 1 atom stereocenters. The van der Waals surface area contributed by atoms with Crippen LogP contribution in [0.4, 0.5) is 0 Å². The molecule has 0 aromatic heterocycles. The van der Waals surface area contributed by atoms with Crippen LogP contribution in [-0.2, 0) is 14.3 Å². The van der Waals surface area contributed by atoms with Crippen molar-refractivity contribution < 1.29 is 14.3 Å². The quantitative estimate of drug-likeness (QED) is 0.426. The number of hydrogen-bond acceptors (Lipinski definition) is 3. The van der Waals surface area contributed by atoms with Crippen molar-refractivity contribution in [1.82, 2.24) is 0 Å². The van der Waals surface area contributed by atoms with E-state index in [1.807, 2.05) is 0 Å². The number of rotatable bonds is 10. The highest BCUT2D eigenvalue weighted by Gasteiger charge is 2.13. The third-order valence-electron chi connectivity index (χ3n) is 2.44. The maximum atomic E-state index is 11.4. The summed E-state index contributed by atoms with van der Waals surface area (Å²) in [7, 11) is 0. The van der Waals surface area contributed by atoms with E-state index >= 15 is 0 Å². The molecule has 0 aliphatic rings. The molecule has 0 spiro atoms. The second kappa shape index (κ2) is 10.9. The molecule has 16 heavy (non-hydrogen) atoms. The summed E-state index contributed by atoms with van der Waals surface area (Å²) in [6.07, 6.45) is 6.12. The maximum absolute atomic E-state index is 11.4. The van der Waals surface area contributed by atoms with Crippen molar-refractivity contribution in [3.05, 3.63) is 0 Å². The van der Waals surface area contributed by atoms with Crippen molar-refractivity contribution in [3.63, 3.8) is 0 Å². The molecule has 0 fully saturated rings. The molecule has 3 heteroatoms. The molecule has 0 bridgehead atoms. The van der Waals surface area contributed by atoms with Gasteiger partial charge in [0.05, 0.1) is 6.61 Å². The Morgan fingerprint density at radius 2 is 1.56 bits per heavy atom. The van der Waals surface area contributed by atoms with Gasteiger partial charge in [-0.15, -0.1) is 0 Å². The molecule has 0 radical (unpaired) electrons. The Balaban J connectivity index is 3.42. The number of carbonyl (C=O) groups is 1. The topological polar surface area (TPSA) is 35.5 Å². The Morgan fingerprint density at radius 1 is 1.00 bits per heavy atom. The molecule has 0 heterocycles. The third kappa shape index (κ3) is 8.72. The largest absolute Gasteiger partial charge is 0.464 e. The van der Waals surface area contributed by atoms with E-state index in [2.05, 4.69) is 13.8 Å². The second-order valence-corrected chi connectivity index (χ2v) is 4.09. The summed E-state index contributed by atoms with van der Waals surface area (Å²) >= 11 is 0. The average molecular weight is 230 g/mol. The highest BCUT2D eigenvalue weighted by molar-refractivity contribution is 5.74. The standard InChI is InChI=1S/C13H26O3/c1-4-6-8-10-15-12(3)13(14)16-11-9-7-5-2/h12H,4-11H2,1-3H3. The van der Waals surface area contributed by atoms with Gasteiger partial charge in [0.2, 0.25) is 0 Å². The van der Waals surface area contributed by atoms with E-state index in [1.54, 1.807) is 6.92 Å². The van der Waals surface area contributed by atoms with Crippen LogP contribution in [0.2, 0.25) is 0 Å². The van der Waals surface area contributed by atoms with Gasteiger partial charge in [0.25, 0.3) is 0 Å². The van der Waals surface area contributed by atoms with E-state index in [9.17, 15) is 4.79 Å². The number of esters is 1. The van der Waals surface area contributed by atoms with E-state index in [-0.39, 0.29) is 5.97 Å². The summed E-state index contributed by atoms with van der Waals surface area (Å²) in [5, 5.41) is 0. The summed E-state index contributed by atoms with van der Waals surface area (Å²) in [5.74, 6) is -0.229. The summed E-state index contributed by atoms with van der Waals surface area (Å²) in [6.45, 7) is 7.20. The predicted molar refractivity (Wildman–Crippen MR) is 65.4 cm³/mol. The highest BCUT2D eigenvalue weighted by atomic mass is 16.6. The minimum atomic E-state index is -0.418. The molecule has 96 valence electrons. The lowest BCUT2D eigenvalue weighted by molar-refractivity contribution is -0.156. The Labute approximate surface area is 99.5 Å². The first-order valence-electron chi connectivity index (χ1n) is 6.50. The van der Waals surface area contributed by atoms with Gasteiger partial charge in [-0.2, -0.15) is 0 Å². The van der Waals surface area contributed by atoms with E-state index in [0.29, 0.717) is 13.2 Å². The molecule has 0 aliphatic heterocycles. The summed E-state index contributed by atoms with van der Waals surface area (Å²) < 4.78 is 10.5. The molecule has 0 aliphatic carbocycles. The minimum absolute atomic E-state index is 0.229. The first kappa shape index (κ1) is 15.4. The van der Waals surface area contributed by atoms with Crippen LogP contribution in [0.5, 0.6) is 0 Å². The van der Waals surface area contributed by atoms with Crippen molar-refractivity contribution in [1.29, 1.82) is 0 Å². The van der Waals surface area contributed by atoms with Gasteiger partial charge in [-0.1, -0.05) is 39.5 Å². The van der Waals surface area contributed by atoms with E-state index in [4.69, 9.17) is 9.47 Å². The Hall–Kier alpha value is -0.570. The van der Waals surface area contributed by atoms with Gasteiger partial charge in [-0.05, 0) is 19.8 Å². The molecule has 0 saturated carbocycles. The van der Waals surface area contributed by atoms with E-state index < -0.39 is 6.10 Å². The number of ether oxygens (including phenoxy) is 2. The highest BCUT2D eigenvalue weighted by Crippen LogP contribution is 2.01. The lowest BCUT2D eigenvalue weighted by Gasteiger charge is -2.12. The van der Waals surface area contributed by atoms with Gasteiger partial charge in [0, 0.05) is 6.61 Å². The van der Waals surface area contributed by atoms with Crippen molar-refractivity contribution in [2.75, 3.05) is 13.2 Å². The SMILES string of the molecule is CCCCCOC(=O)C(C)OCCCCC. The van der Waals surface area contributed by atoms with Crippen molar-refractivity contribution in [2.24, 2.45) is 0 Å². The molecule has 0 aromatic carbocycles. The van der Waals surface area contributed by atoms with Gasteiger partial charge in [0.1, 0.15) is 0 Å². The van der Waals surface area contributed by atoms with Crippen molar-refractivity contribution in [2.45, 2.75) is 65.4 Å². The maximum Gasteiger partial charge on any atom is 0.334 e. The molecule has 0 N–H and O–H groups in total. The van der Waals surface area contributed by atoms with Crippen LogP contribution in [0.3, 0.4) is 0 Å². The molecular weight excluding hydrogens is 204 g/mol. The number of hydrogen-bond donors (Lipinski definition) is 0. The van der Waals surface area contributed by atoms with E-state index in [1.165, 1.54) is 6.42 Å². The molecule has 0 rings (SSSR count). The lowest BCUT2D eigenvalue weighted by Crippen LogP contribution is -2.24. The predicted octanol–water partition coefficient (Wildman–Crippen LogP) is 3.32. The zero-order valence-electron chi connectivity index (χ0n) is 11.0. The fraction of sp³-hybridized carbons (Fsp3) is 0.923. The van der Waals surface area contributed by atoms with E-state index in [0.717, 1.165) is 32.1 Å². The molecule has 1 unspecified atom stereocenters. The van der Waals surface area contributed by atoms with Gasteiger partial charge < -0.3 is 9.47 Å². The normalized spacial score (nSPS) is 12.4. The molecule has 0 saturated heterocycles. The third-order valence-corrected chi connectivity index (χ3v) is 2.44. The molecule has 3 nitrogen and oxygen atoms in total. The van der Waals surface area contributed by atoms with Gasteiger partial charge in [0.15, 0.2) is 6.10 Å². The van der Waals surface area contributed by atoms with Crippen LogP contribution in [0.1, 0.15) is 59.3 Å². The van der Waals surface area contributed by atoms with Gasteiger partial charge >= 0.3 is 5.97 Å². The van der Waals surface area contributed by atoms with Crippen LogP contribution in [-0.4, -0.2) is 25.3 Å². The smallest absolute Gasteiger partial charge is 0.334 e. The van der Waals surface area contributed by atoms with Crippen molar-refractivity contribution in [3.8, 4) is 0 Å². The Morgan fingerprint density at radius 3 is 2.12 bits per heavy atom. The zero-order valence-corrected chi connectivity index (χ0v) is 11.0. The van der Waals surface area contributed by atoms with Crippen LogP contribution < -0.4 is 0 Å². The first-order valence-corrected chi connectivity index (χ1v) is 6.50. The number of carbonyl (C=O) groups excluding carboxylic acids is 1. The van der Waals surface area contributed by atoms with Gasteiger partial charge in [-0.25, -0.2) is 4.79 Å². The average Bonchev–Trinajstić information content (AvgIpc) is 2.29. The molecular formula is C13H26O3. The summed E-state index contributed by atoms with van der Waals surface area (Å²) in [4.78, 5) is 11.4. The lowest BCUT2D eigenvalue weighted by atomic mass is 10.2. The van der Waals surface area contributed by atoms with Crippen molar-refractivity contribution >= 4 is 5.97 Å². The first-order chi connectivity index (χ1) is 7.72.